The molecule has 1 saturated carbocycles. The van der Waals surface area contributed by atoms with Gasteiger partial charge in [0.2, 0.25) is 0 Å². The molecule has 3 heterocycles. The lowest BCUT2D eigenvalue weighted by Gasteiger charge is -2.12. The average Bonchev–Trinajstić information content (AvgIpc) is 3.51. The van der Waals surface area contributed by atoms with Gasteiger partial charge in [-0.2, -0.15) is 4.98 Å². The Morgan fingerprint density at radius 2 is 1.94 bits per heavy atom. The fourth-order valence-corrected chi connectivity index (χ4v) is 5.08. The van der Waals surface area contributed by atoms with Crippen molar-refractivity contribution in [3.8, 4) is 11.1 Å². The van der Waals surface area contributed by atoms with Crippen molar-refractivity contribution >= 4 is 39.7 Å². The summed E-state index contributed by atoms with van der Waals surface area (Å²) in [5.74, 6) is 0.455. The number of nitrogen functional groups attached to an aromatic ring is 1. The number of hydrogen-bond acceptors (Lipinski definition) is 7. The van der Waals surface area contributed by atoms with Gasteiger partial charge in [-0.3, -0.25) is 0 Å². The molecule has 0 spiro atoms. The number of anilines is 3. The molecule has 2 atom stereocenters. The highest BCUT2D eigenvalue weighted by atomic mass is 16.4. The van der Waals surface area contributed by atoms with Crippen molar-refractivity contribution in [1.82, 2.24) is 19.5 Å². The molecular weight excluding hydrogens is 428 g/mol. The number of aryl methyl sites for hydroxylation is 2. The minimum Gasteiger partial charge on any atom is -0.423 e. The first kappa shape index (κ1) is 20.7. The Morgan fingerprint density at radius 1 is 1.12 bits per heavy atom. The van der Waals surface area contributed by atoms with E-state index in [0.29, 0.717) is 11.8 Å². The summed E-state index contributed by atoms with van der Waals surface area (Å²) in [6, 6.07) is 12.8. The second-order valence-electron chi connectivity index (χ2n) is 9.18. The van der Waals surface area contributed by atoms with Crippen LogP contribution < -0.4 is 11.1 Å². The standard InChI is InChI=1S/C26H26N6O2/c1-14-9-15(2)23-21(10-14)31-26(34-23)30-17-5-3-16(4-6-17)20-12-32(18-7-8-19(33)11-18)25-22(20)24(27)28-13-29-25/h3-6,9-10,12-13,18-19,33H,7-8,11H2,1-2H3,(H,30,31)(H2,27,28,29). The van der Waals surface area contributed by atoms with Gasteiger partial charge in [0.05, 0.1) is 11.5 Å². The molecule has 4 N–H and O–H groups in total. The predicted octanol–water partition coefficient (Wildman–Crippen LogP) is 5.27. The molecule has 8 nitrogen and oxygen atoms in total. The Balaban J connectivity index is 1.34. The van der Waals surface area contributed by atoms with Crippen LogP contribution in [0.15, 0.2) is 53.3 Å². The van der Waals surface area contributed by atoms with Crippen LogP contribution in [0.2, 0.25) is 0 Å². The van der Waals surface area contributed by atoms with Gasteiger partial charge in [-0.15, -0.1) is 0 Å². The molecule has 172 valence electrons. The van der Waals surface area contributed by atoms with Crippen LogP contribution in [0.4, 0.5) is 17.5 Å². The van der Waals surface area contributed by atoms with E-state index in [1.807, 2.05) is 37.3 Å². The number of oxazole rings is 1. The Morgan fingerprint density at radius 3 is 2.71 bits per heavy atom. The maximum absolute atomic E-state index is 10.0. The van der Waals surface area contributed by atoms with Crippen molar-refractivity contribution in [2.24, 2.45) is 0 Å². The third kappa shape index (κ3) is 3.47. The normalized spacial score (nSPS) is 18.2. The Kier molecular flexibility index (Phi) is 4.77. The number of benzene rings is 2. The van der Waals surface area contributed by atoms with Crippen molar-refractivity contribution in [3.63, 3.8) is 0 Å². The summed E-state index contributed by atoms with van der Waals surface area (Å²) in [6.45, 7) is 4.08. The van der Waals surface area contributed by atoms with Crippen LogP contribution in [0.25, 0.3) is 33.3 Å². The Labute approximate surface area is 196 Å². The smallest absolute Gasteiger partial charge is 0.300 e. The van der Waals surface area contributed by atoms with Gasteiger partial charge in [0, 0.05) is 23.5 Å². The number of hydrogen-bond donors (Lipinski definition) is 3. The highest BCUT2D eigenvalue weighted by Gasteiger charge is 2.27. The lowest BCUT2D eigenvalue weighted by molar-refractivity contribution is 0.178. The number of nitrogens with one attached hydrogen (secondary N) is 1. The van der Waals surface area contributed by atoms with Gasteiger partial charge in [0.1, 0.15) is 23.3 Å². The van der Waals surface area contributed by atoms with Crippen molar-refractivity contribution in [3.05, 3.63) is 60.0 Å². The van der Waals surface area contributed by atoms with Crippen LogP contribution in [0.5, 0.6) is 0 Å². The van der Waals surface area contributed by atoms with E-state index in [1.165, 1.54) is 6.33 Å². The Hall–Kier alpha value is -3.91. The topological polar surface area (TPSA) is 115 Å². The summed E-state index contributed by atoms with van der Waals surface area (Å²) in [5, 5.41) is 14.2. The number of aliphatic hydroxyl groups excluding tert-OH is 1. The summed E-state index contributed by atoms with van der Waals surface area (Å²) in [6.07, 6.45) is 5.76. The lowest BCUT2D eigenvalue weighted by Crippen LogP contribution is -2.07. The largest absolute Gasteiger partial charge is 0.423 e. The van der Waals surface area contributed by atoms with Crippen LogP contribution in [0.1, 0.15) is 36.4 Å². The molecular formula is C26H26N6O2. The molecule has 0 saturated heterocycles. The number of aliphatic hydroxyl groups is 1. The molecule has 0 aliphatic heterocycles. The molecule has 6 rings (SSSR count). The van der Waals surface area contributed by atoms with E-state index in [2.05, 4.69) is 44.0 Å². The van der Waals surface area contributed by atoms with Gasteiger partial charge < -0.3 is 25.1 Å². The summed E-state index contributed by atoms with van der Waals surface area (Å²) in [7, 11) is 0. The zero-order chi connectivity index (χ0) is 23.4. The molecule has 34 heavy (non-hydrogen) atoms. The van der Waals surface area contributed by atoms with Gasteiger partial charge in [-0.05, 0) is 68.0 Å². The molecule has 1 aliphatic rings. The minimum absolute atomic E-state index is 0.202. The monoisotopic (exact) mass is 454 g/mol. The number of rotatable bonds is 4. The zero-order valence-electron chi connectivity index (χ0n) is 19.1. The minimum atomic E-state index is -0.269. The second kappa shape index (κ2) is 7.85. The molecule has 0 amide bonds. The highest BCUT2D eigenvalue weighted by molar-refractivity contribution is 6.00. The number of aromatic nitrogens is 4. The maximum Gasteiger partial charge on any atom is 0.300 e. The molecule has 1 aliphatic carbocycles. The van der Waals surface area contributed by atoms with Gasteiger partial charge >= 0.3 is 0 Å². The number of fused-ring (bicyclic) bond motifs is 2. The highest BCUT2D eigenvalue weighted by Crippen LogP contribution is 2.39. The molecule has 0 radical (unpaired) electrons. The average molecular weight is 455 g/mol. The van der Waals surface area contributed by atoms with Crippen LogP contribution in [0.3, 0.4) is 0 Å². The third-order valence-electron chi connectivity index (χ3n) is 6.68. The van der Waals surface area contributed by atoms with E-state index >= 15 is 0 Å². The van der Waals surface area contributed by atoms with Gasteiger partial charge in [0.15, 0.2) is 5.58 Å². The predicted molar refractivity (Wildman–Crippen MR) is 133 cm³/mol. The molecule has 1 fully saturated rings. The summed E-state index contributed by atoms with van der Waals surface area (Å²) in [4.78, 5) is 13.3. The van der Waals surface area contributed by atoms with Crippen LogP contribution in [0, 0.1) is 13.8 Å². The zero-order valence-corrected chi connectivity index (χ0v) is 19.1. The molecule has 2 unspecified atom stereocenters. The fourth-order valence-electron chi connectivity index (χ4n) is 5.08. The third-order valence-corrected chi connectivity index (χ3v) is 6.68. The Bertz CT molecular complexity index is 1520. The summed E-state index contributed by atoms with van der Waals surface area (Å²) in [5.41, 5.74) is 13.8. The molecule has 5 aromatic rings. The quantitative estimate of drug-likeness (QED) is 0.339. The van der Waals surface area contributed by atoms with E-state index in [4.69, 9.17) is 10.2 Å². The first-order chi connectivity index (χ1) is 16.5. The van der Waals surface area contributed by atoms with Crippen molar-refractivity contribution in [2.45, 2.75) is 45.3 Å². The van der Waals surface area contributed by atoms with Gasteiger partial charge in [0.25, 0.3) is 6.01 Å². The van der Waals surface area contributed by atoms with E-state index in [0.717, 1.165) is 69.3 Å². The van der Waals surface area contributed by atoms with E-state index < -0.39 is 0 Å². The number of nitrogens with zero attached hydrogens (tertiary/aromatic N) is 4. The molecule has 3 aromatic heterocycles. The van der Waals surface area contributed by atoms with Crippen LogP contribution in [-0.2, 0) is 0 Å². The van der Waals surface area contributed by atoms with Gasteiger partial charge in [-0.1, -0.05) is 18.2 Å². The van der Waals surface area contributed by atoms with Crippen molar-refractivity contribution in [2.75, 3.05) is 11.1 Å². The molecule has 8 heteroatoms. The lowest BCUT2D eigenvalue weighted by atomic mass is 10.1. The van der Waals surface area contributed by atoms with Crippen LogP contribution >= 0.6 is 0 Å². The van der Waals surface area contributed by atoms with E-state index in [9.17, 15) is 5.11 Å². The molecule has 0 bridgehead atoms. The first-order valence-electron chi connectivity index (χ1n) is 11.5. The van der Waals surface area contributed by atoms with Gasteiger partial charge in [-0.25, -0.2) is 9.97 Å². The van der Waals surface area contributed by atoms with E-state index in [1.54, 1.807) is 0 Å². The summed E-state index contributed by atoms with van der Waals surface area (Å²) < 4.78 is 8.08. The molecule has 2 aromatic carbocycles. The first-order valence-corrected chi connectivity index (χ1v) is 11.5. The van der Waals surface area contributed by atoms with Crippen molar-refractivity contribution in [1.29, 1.82) is 0 Å². The number of nitrogens with two attached hydrogens (primary N) is 1. The summed E-state index contributed by atoms with van der Waals surface area (Å²) >= 11 is 0. The SMILES string of the molecule is Cc1cc(C)c2oc(Nc3ccc(-c4cn(C5CCC(O)C5)c5ncnc(N)c45)cc3)nc2c1. The maximum atomic E-state index is 10.0. The second-order valence-corrected chi connectivity index (χ2v) is 9.18. The fraction of sp³-hybridized carbons (Fsp3) is 0.269. The van der Waals surface area contributed by atoms with Crippen LogP contribution in [-0.4, -0.2) is 30.7 Å². The van der Waals surface area contributed by atoms with E-state index in [-0.39, 0.29) is 12.1 Å². The van der Waals surface area contributed by atoms with Crippen molar-refractivity contribution < 1.29 is 9.52 Å².